The molecule has 19 heavy (non-hydrogen) atoms. The maximum atomic E-state index is 13.3. The van der Waals surface area contributed by atoms with Crippen LogP contribution in [0.5, 0.6) is 0 Å². The third-order valence-electron chi connectivity index (χ3n) is 3.24. The molecular formula is C13H16ClFN2O2. The maximum Gasteiger partial charge on any atom is 0.254 e. The van der Waals surface area contributed by atoms with Crippen molar-refractivity contribution >= 4 is 17.5 Å². The summed E-state index contributed by atoms with van der Waals surface area (Å²) in [5, 5.41) is 8.87. The van der Waals surface area contributed by atoms with Gasteiger partial charge in [0.25, 0.3) is 5.91 Å². The summed E-state index contributed by atoms with van der Waals surface area (Å²) in [5.74, 6) is -0.759. The Balaban J connectivity index is 1.99. The minimum absolute atomic E-state index is 0.0179. The summed E-state index contributed by atoms with van der Waals surface area (Å²) in [4.78, 5) is 16.0. The van der Waals surface area contributed by atoms with Crippen LogP contribution in [0.25, 0.3) is 0 Å². The van der Waals surface area contributed by atoms with Crippen LogP contribution in [-0.4, -0.2) is 60.1 Å². The van der Waals surface area contributed by atoms with E-state index >= 15 is 0 Å². The summed E-state index contributed by atoms with van der Waals surface area (Å²) in [6.45, 7) is 3.37. The van der Waals surface area contributed by atoms with Gasteiger partial charge in [0.05, 0.1) is 11.6 Å². The molecule has 1 amide bonds. The van der Waals surface area contributed by atoms with Gasteiger partial charge in [-0.15, -0.1) is 0 Å². The molecule has 0 spiro atoms. The van der Waals surface area contributed by atoms with Crippen LogP contribution < -0.4 is 0 Å². The zero-order chi connectivity index (χ0) is 13.8. The van der Waals surface area contributed by atoms with E-state index in [4.69, 9.17) is 16.7 Å². The highest BCUT2D eigenvalue weighted by atomic mass is 35.5. The number of benzene rings is 1. The van der Waals surface area contributed by atoms with Crippen LogP contribution in [0.4, 0.5) is 4.39 Å². The van der Waals surface area contributed by atoms with Gasteiger partial charge in [-0.2, -0.15) is 0 Å². The number of rotatable bonds is 3. The lowest BCUT2D eigenvalue weighted by atomic mass is 10.1. The molecule has 1 saturated heterocycles. The fraction of sp³-hybridized carbons (Fsp3) is 0.462. The molecule has 2 rings (SSSR count). The Labute approximate surface area is 116 Å². The van der Waals surface area contributed by atoms with Gasteiger partial charge in [0, 0.05) is 38.3 Å². The van der Waals surface area contributed by atoms with Crippen LogP contribution in [0.3, 0.4) is 0 Å². The molecule has 0 bridgehead atoms. The average molecular weight is 287 g/mol. The number of aliphatic hydroxyl groups excluding tert-OH is 1. The summed E-state index contributed by atoms with van der Waals surface area (Å²) in [6, 6.07) is 4.10. The molecule has 0 aliphatic carbocycles. The van der Waals surface area contributed by atoms with E-state index < -0.39 is 5.82 Å². The topological polar surface area (TPSA) is 43.8 Å². The molecule has 1 fully saturated rings. The normalized spacial score (nSPS) is 16.7. The lowest BCUT2D eigenvalue weighted by Crippen LogP contribution is -2.49. The first-order valence-electron chi connectivity index (χ1n) is 6.19. The molecule has 0 radical (unpaired) electrons. The van der Waals surface area contributed by atoms with Crippen molar-refractivity contribution in [1.82, 2.24) is 9.80 Å². The second-order valence-electron chi connectivity index (χ2n) is 4.49. The van der Waals surface area contributed by atoms with E-state index in [1.165, 1.54) is 18.2 Å². The average Bonchev–Trinajstić information content (AvgIpc) is 2.42. The molecule has 1 heterocycles. The predicted octanol–water partition coefficient (Wildman–Crippen LogP) is 1.23. The molecule has 0 saturated carbocycles. The Morgan fingerprint density at radius 2 is 2.00 bits per heavy atom. The minimum Gasteiger partial charge on any atom is -0.395 e. The number of carbonyl (C=O) groups is 1. The van der Waals surface area contributed by atoms with Crippen molar-refractivity contribution in [3.63, 3.8) is 0 Å². The Morgan fingerprint density at radius 3 is 2.58 bits per heavy atom. The van der Waals surface area contributed by atoms with Gasteiger partial charge in [-0.1, -0.05) is 11.6 Å². The number of aliphatic hydroxyl groups is 1. The monoisotopic (exact) mass is 286 g/mol. The van der Waals surface area contributed by atoms with Gasteiger partial charge in [-0.05, 0) is 18.2 Å². The molecule has 104 valence electrons. The zero-order valence-corrected chi connectivity index (χ0v) is 11.2. The zero-order valence-electron chi connectivity index (χ0n) is 10.5. The molecule has 1 N–H and O–H groups in total. The quantitative estimate of drug-likeness (QED) is 0.909. The molecular weight excluding hydrogens is 271 g/mol. The second-order valence-corrected chi connectivity index (χ2v) is 4.89. The molecule has 1 aromatic carbocycles. The number of carbonyl (C=O) groups excluding carboxylic acids is 1. The van der Waals surface area contributed by atoms with Crippen LogP contribution in [-0.2, 0) is 0 Å². The maximum absolute atomic E-state index is 13.3. The standard InChI is InChI=1S/C13H16ClFN2O2/c14-11-2-1-10(9-12(11)15)13(19)17-5-3-16(4-6-17)7-8-18/h1-2,9,18H,3-8H2. The highest BCUT2D eigenvalue weighted by molar-refractivity contribution is 6.30. The summed E-state index contributed by atoms with van der Waals surface area (Å²) in [5.41, 5.74) is 0.317. The van der Waals surface area contributed by atoms with Gasteiger partial charge >= 0.3 is 0 Å². The van der Waals surface area contributed by atoms with E-state index in [9.17, 15) is 9.18 Å². The SMILES string of the molecule is O=C(c1ccc(Cl)c(F)c1)N1CCN(CCO)CC1. The van der Waals surface area contributed by atoms with Crippen molar-refractivity contribution in [2.24, 2.45) is 0 Å². The molecule has 1 aliphatic heterocycles. The van der Waals surface area contributed by atoms with Gasteiger partial charge in [0.1, 0.15) is 5.82 Å². The fourth-order valence-corrected chi connectivity index (χ4v) is 2.25. The Kier molecular flexibility index (Phi) is 4.74. The number of hydrogen-bond acceptors (Lipinski definition) is 3. The number of β-amino-alcohol motifs (C(OH)–C–C–N with tert-alkyl or cyclic N) is 1. The van der Waals surface area contributed by atoms with Crippen molar-refractivity contribution in [3.05, 3.63) is 34.6 Å². The van der Waals surface area contributed by atoms with Crippen molar-refractivity contribution < 1.29 is 14.3 Å². The van der Waals surface area contributed by atoms with Crippen molar-refractivity contribution in [1.29, 1.82) is 0 Å². The third-order valence-corrected chi connectivity index (χ3v) is 3.55. The fourth-order valence-electron chi connectivity index (χ4n) is 2.13. The van der Waals surface area contributed by atoms with E-state index in [-0.39, 0.29) is 17.5 Å². The number of piperazine rings is 1. The van der Waals surface area contributed by atoms with Gasteiger partial charge in [0.15, 0.2) is 0 Å². The summed E-state index contributed by atoms with van der Waals surface area (Å²) in [6.07, 6.45) is 0. The highest BCUT2D eigenvalue weighted by Gasteiger charge is 2.22. The van der Waals surface area contributed by atoms with E-state index in [1.807, 2.05) is 0 Å². The Bertz CT molecular complexity index is 462. The van der Waals surface area contributed by atoms with Crippen molar-refractivity contribution in [2.75, 3.05) is 39.3 Å². The predicted molar refractivity (Wildman–Crippen MR) is 70.8 cm³/mol. The first-order valence-corrected chi connectivity index (χ1v) is 6.57. The molecule has 1 aromatic rings. The van der Waals surface area contributed by atoms with Crippen LogP contribution in [0, 0.1) is 5.82 Å². The van der Waals surface area contributed by atoms with E-state index in [0.717, 1.165) is 13.1 Å². The summed E-state index contributed by atoms with van der Waals surface area (Å²) in [7, 11) is 0. The third kappa shape index (κ3) is 3.43. The lowest BCUT2D eigenvalue weighted by molar-refractivity contribution is 0.0614. The van der Waals surface area contributed by atoms with E-state index in [2.05, 4.69) is 4.90 Å². The van der Waals surface area contributed by atoms with Gasteiger partial charge in [-0.25, -0.2) is 4.39 Å². The molecule has 0 unspecified atom stereocenters. The van der Waals surface area contributed by atoms with E-state index in [1.54, 1.807) is 4.90 Å². The number of nitrogens with zero attached hydrogens (tertiary/aromatic N) is 2. The minimum atomic E-state index is -0.577. The smallest absolute Gasteiger partial charge is 0.254 e. The second kappa shape index (κ2) is 6.32. The first-order chi connectivity index (χ1) is 9.11. The molecule has 6 heteroatoms. The van der Waals surface area contributed by atoms with Crippen LogP contribution in [0.1, 0.15) is 10.4 Å². The van der Waals surface area contributed by atoms with Gasteiger partial charge < -0.3 is 10.0 Å². The Morgan fingerprint density at radius 1 is 1.32 bits per heavy atom. The van der Waals surface area contributed by atoms with Crippen LogP contribution in [0.2, 0.25) is 5.02 Å². The number of amides is 1. The molecule has 0 aromatic heterocycles. The van der Waals surface area contributed by atoms with Crippen LogP contribution in [0.15, 0.2) is 18.2 Å². The largest absolute Gasteiger partial charge is 0.395 e. The number of hydrogen-bond donors (Lipinski definition) is 1. The molecule has 1 aliphatic rings. The summed E-state index contributed by atoms with van der Waals surface area (Å²) < 4.78 is 13.3. The van der Waals surface area contributed by atoms with Crippen molar-refractivity contribution in [3.8, 4) is 0 Å². The molecule has 4 nitrogen and oxygen atoms in total. The Hall–Kier alpha value is -1.17. The van der Waals surface area contributed by atoms with Gasteiger partial charge in [-0.3, -0.25) is 9.69 Å². The summed E-state index contributed by atoms with van der Waals surface area (Å²) >= 11 is 5.59. The van der Waals surface area contributed by atoms with E-state index in [0.29, 0.717) is 25.2 Å². The van der Waals surface area contributed by atoms with Gasteiger partial charge in [0.2, 0.25) is 0 Å². The highest BCUT2D eigenvalue weighted by Crippen LogP contribution is 2.17. The van der Waals surface area contributed by atoms with Crippen molar-refractivity contribution in [2.45, 2.75) is 0 Å². The molecule has 0 atom stereocenters. The number of halogens is 2. The lowest BCUT2D eigenvalue weighted by Gasteiger charge is -2.34. The first kappa shape index (κ1) is 14.2. The van der Waals surface area contributed by atoms with Crippen LogP contribution >= 0.6 is 11.6 Å².